The number of rotatable bonds is 9. The molecule has 1 fully saturated rings. The minimum atomic E-state index is -0.969. The summed E-state index contributed by atoms with van der Waals surface area (Å²) in [6, 6.07) is 7.87. The Balaban J connectivity index is 0.00000341. The Morgan fingerprint density at radius 3 is 2.68 bits per heavy atom. The first-order valence-corrected chi connectivity index (χ1v) is 11.6. The minimum absolute atomic E-state index is 0. The second-order valence-electron chi connectivity index (χ2n) is 7.81. The number of aliphatic hydroxyl groups is 1. The van der Waals surface area contributed by atoms with Crippen molar-refractivity contribution in [1.82, 2.24) is 10.6 Å². The van der Waals surface area contributed by atoms with Crippen LogP contribution >= 0.6 is 35.3 Å². The summed E-state index contributed by atoms with van der Waals surface area (Å²) >= 11 is 1.58. The first kappa shape index (κ1) is 25.7. The number of benzene rings is 1. The average Bonchev–Trinajstić information content (AvgIpc) is 3.45. The molecule has 0 bridgehead atoms. The number of hydrogen-bond acceptors (Lipinski definition) is 5. The summed E-state index contributed by atoms with van der Waals surface area (Å²) in [6.07, 6.45) is 4.85. The van der Waals surface area contributed by atoms with Gasteiger partial charge in [0.05, 0.1) is 26.3 Å². The normalized spacial score (nSPS) is 16.3. The van der Waals surface area contributed by atoms with Gasteiger partial charge in [0.25, 0.3) is 0 Å². The molecule has 3 N–H and O–H groups in total. The maximum Gasteiger partial charge on any atom is 0.191 e. The van der Waals surface area contributed by atoms with E-state index >= 15 is 0 Å². The van der Waals surface area contributed by atoms with Gasteiger partial charge in [0.15, 0.2) is 17.5 Å². The summed E-state index contributed by atoms with van der Waals surface area (Å²) < 4.78 is 11.9. The van der Waals surface area contributed by atoms with Crippen LogP contribution in [0.15, 0.2) is 40.0 Å². The molecule has 2 aromatic rings. The van der Waals surface area contributed by atoms with Gasteiger partial charge in [-0.1, -0.05) is 12.1 Å². The van der Waals surface area contributed by atoms with E-state index in [9.17, 15) is 5.11 Å². The van der Waals surface area contributed by atoms with E-state index in [0.717, 1.165) is 42.0 Å². The van der Waals surface area contributed by atoms with Crippen LogP contribution in [0.5, 0.6) is 11.5 Å². The third kappa shape index (κ3) is 7.25. The molecule has 1 unspecified atom stereocenters. The highest BCUT2D eigenvalue weighted by Crippen LogP contribution is 2.35. The van der Waals surface area contributed by atoms with Gasteiger partial charge in [-0.25, -0.2) is 4.99 Å². The second kappa shape index (κ2) is 12.5. The van der Waals surface area contributed by atoms with E-state index in [1.54, 1.807) is 25.4 Å². The zero-order valence-electron chi connectivity index (χ0n) is 18.5. The van der Waals surface area contributed by atoms with E-state index in [1.165, 1.54) is 12.8 Å². The number of aliphatic imine (C=N–C) groups is 1. The lowest BCUT2D eigenvalue weighted by atomic mass is 9.99. The Hall–Kier alpha value is -1.52. The van der Waals surface area contributed by atoms with Crippen LogP contribution in [-0.4, -0.2) is 37.4 Å². The molecule has 0 saturated heterocycles. The molecule has 172 valence electrons. The third-order valence-corrected chi connectivity index (χ3v) is 6.05. The number of halogens is 1. The zero-order valence-corrected chi connectivity index (χ0v) is 21.7. The van der Waals surface area contributed by atoms with E-state index in [0.29, 0.717) is 19.0 Å². The number of methoxy groups -OCH3 is 1. The van der Waals surface area contributed by atoms with Gasteiger partial charge in [0.1, 0.15) is 5.60 Å². The predicted molar refractivity (Wildman–Crippen MR) is 138 cm³/mol. The third-order valence-electron chi connectivity index (χ3n) is 5.36. The minimum Gasteiger partial charge on any atom is -0.493 e. The molecule has 0 aliphatic heterocycles. The van der Waals surface area contributed by atoms with Crippen LogP contribution < -0.4 is 20.1 Å². The lowest BCUT2D eigenvalue weighted by Crippen LogP contribution is -2.44. The highest BCUT2D eigenvalue weighted by molar-refractivity contribution is 14.0. The van der Waals surface area contributed by atoms with Gasteiger partial charge >= 0.3 is 0 Å². The summed E-state index contributed by atoms with van der Waals surface area (Å²) in [5, 5.41) is 21.2. The van der Waals surface area contributed by atoms with Crippen molar-refractivity contribution in [2.24, 2.45) is 4.99 Å². The molecule has 31 heavy (non-hydrogen) atoms. The largest absolute Gasteiger partial charge is 0.493 e. The topological polar surface area (TPSA) is 75.1 Å². The van der Waals surface area contributed by atoms with E-state index in [2.05, 4.69) is 10.6 Å². The Labute approximate surface area is 206 Å². The molecule has 1 aliphatic rings. The molecule has 1 aliphatic carbocycles. The van der Waals surface area contributed by atoms with Gasteiger partial charge in [-0.15, -0.1) is 24.0 Å². The Morgan fingerprint density at radius 2 is 2.03 bits per heavy atom. The summed E-state index contributed by atoms with van der Waals surface area (Å²) in [5.74, 6) is 2.19. The molecule has 1 aromatic carbocycles. The predicted octanol–water partition coefficient (Wildman–Crippen LogP) is 4.66. The number of hydrogen-bond donors (Lipinski definition) is 3. The number of para-hydroxylation sites is 1. The van der Waals surface area contributed by atoms with Gasteiger partial charge in [-0.2, -0.15) is 11.3 Å². The zero-order chi connectivity index (χ0) is 21.4. The standard InChI is InChI=1S/C23H33N3O3S.HI/c1-4-24-22(26-16-23(2,27)18-12-13-30-15-18)25-14-17-8-7-11-20(28-3)21(17)29-19-9-5-6-10-19;/h7-8,11-13,15,19,27H,4-6,9-10,14,16H2,1-3H3,(H2,24,25,26);1H. The van der Waals surface area contributed by atoms with Crippen LogP contribution in [0.1, 0.15) is 50.7 Å². The van der Waals surface area contributed by atoms with Crippen LogP contribution in [0.3, 0.4) is 0 Å². The monoisotopic (exact) mass is 559 g/mol. The molecular weight excluding hydrogens is 525 g/mol. The molecule has 8 heteroatoms. The molecule has 1 saturated carbocycles. The molecule has 3 rings (SSSR count). The average molecular weight is 560 g/mol. The summed E-state index contributed by atoms with van der Waals surface area (Å²) in [7, 11) is 1.67. The fraction of sp³-hybridized carbons (Fsp3) is 0.522. The highest BCUT2D eigenvalue weighted by Gasteiger charge is 2.24. The van der Waals surface area contributed by atoms with Gasteiger partial charge in [-0.05, 0) is 68.0 Å². The van der Waals surface area contributed by atoms with Crippen molar-refractivity contribution < 1.29 is 14.6 Å². The smallest absolute Gasteiger partial charge is 0.191 e. The molecule has 0 radical (unpaired) electrons. The number of nitrogens with one attached hydrogen (secondary N) is 2. The van der Waals surface area contributed by atoms with Crippen LogP contribution in [0.4, 0.5) is 0 Å². The number of guanidine groups is 1. The lowest BCUT2D eigenvalue weighted by Gasteiger charge is -2.24. The molecule has 0 spiro atoms. The van der Waals surface area contributed by atoms with Crippen molar-refractivity contribution in [2.75, 3.05) is 20.2 Å². The number of nitrogens with zero attached hydrogens (tertiary/aromatic N) is 1. The summed E-state index contributed by atoms with van der Waals surface area (Å²) in [4.78, 5) is 4.73. The number of thiophene rings is 1. The lowest BCUT2D eigenvalue weighted by molar-refractivity contribution is 0.0621. The van der Waals surface area contributed by atoms with Crippen LogP contribution in [0.2, 0.25) is 0 Å². The van der Waals surface area contributed by atoms with Crippen molar-refractivity contribution >= 4 is 41.3 Å². The van der Waals surface area contributed by atoms with Crippen molar-refractivity contribution in [3.8, 4) is 11.5 Å². The summed E-state index contributed by atoms with van der Waals surface area (Å²) in [6.45, 7) is 5.37. The fourth-order valence-electron chi connectivity index (χ4n) is 3.59. The molecule has 1 heterocycles. The Kier molecular flexibility index (Phi) is 10.4. The highest BCUT2D eigenvalue weighted by atomic mass is 127. The SMILES string of the molecule is CCNC(=NCc1cccc(OC)c1OC1CCCC1)NCC(C)(O)c1ccsc1.I. The molecule has 0 amide bonds. The molecule has 6 nitrogen and oxygen atoms in total. The summed E-state index contributed by atoms with van der Waals surface area (Å²) in [5.41, 5.74) is 0.919. The maximum atomic E-state index is 10.8. The second-order valence-corrected chi connectivity index (χ2v) is 8.59. The Bertz CT molecular complexity index is 821. The van der Waals surface area contributed by atoms with E-state index in [1.807, 2.05) is 41.9 Å². The maximum absolute atomic E-state index is 10.8. The van der Waals surface area contributed by atoms with E-state index < -0.39 is 5.60 Å². The van der Waals surface area contributed by atoms with Crippen molar-refractivity contribution in [3.63, 3.8) is 0 Å². The fourth-order valence-corrected chi connectivity index (χ4v) is 4.37. The quantitative estimate of drug-likeness (QED) is 0.237. The van der Waals surface area contributed by atoms with Gasteiger partial charge in [0.2, 0.25) is 0 Å². The molecule has 1 atom stereocenters. The van der Waals surface area contributed by atoms with E-state index in [-0.39, 0.29) is 30.1 Å². The van der Waals surface area contributed by atoms with Crippen LogP contribution in [0, 0.1) is 0 Å². The Morgan fingerprint density at radius 1 is 1.26 bits per heavy atom. The van der Waals surface area contributed by atoms with Gasteiger partial charge in [0, 0.05) is 12.1 Å². The first-order valence-electron chi connectivity index (χ1n) is 10.6. The van der Waals surface area contributed by atoms with Crippen molar-refractivity contribution in [1.29, 1.82) is 0 Å². The van der Waals surface area contributed by atoms with E-state index in [4.69, 9.17) is 14.5 Å². The number of ether oxygens (including phenoxy) is 2. The van der Waals surface area contributed by atoms with Crippen molar-refractivity contribution in [3.05, 3.63) is 46.2 Å². The van der Waals surface area contributed by atoms with Crippen LogP contribution in [0.25, 0.3) is 0 Å². The first-order chi connectivity index (χ1) is 14.5. The van der Waals surface area contributed by atoms with Crippen molar-refractivity contribution in [2.45, 2.75) is 57.8 Å². The molecular formula is C23H34IN3O3S. The molecule has 1 aromatic heterocycles. The van der Waals surface area contributed by atoms with Gasteiger partial charge in [-0.3, -0.25) is 0 Å². The van der Waals surface area contributed by atoms with Crippen LogP contribution in [-0.2, 0) is 12.1 Å². The van der Waals surface area contributed by atoms with Gasteiger partial charge < -0.3 is 25.2 Å².